The Bertz CT molecular complexity index is 702. The lowest BCUT2D eigenvalue weighted by Crippen LogP contribution is -2.30. The van der Waals surface area contributed by atoms with Gasteiger partial charge in [-0.25, -0.2) is 13.1 Å². The number of hydrogen-bond donors (Lipinski definition) is 2. The van der Waals surface area contributed by atoms with Crippen molar-refractivity contribution in [1.82, 2.24) is 10.0 Å². The minimum atomic E-state index is -3.57. The minimum Gasteiger partial charge on any atom is -0.352 e. The molecule has 2 N–H and O–H groups in total. The molecule has 0 spiro atoms. The lowest BCUT2D eigenvalue weighted by atomic mass is 9.99. The van der Waals surface area contributed by atoms with Crippen LogP contribution in [0.15, 0.2) is 27.6 Å². The van der Waals surface area contributed by atoms with Gasteiger partial charge in [-0.1, -0.05) is 33.1 Å². The molecule has 1 atom stereocenters. The van der Waals surface area contributed by atoms with E-state index in [0.717, 1.165) is 38.5 Å². The van der Waals surface area contributed by atoms with Crippen molar-refractivity contribution in [3.63, 3.8) is 0 Å². The predicted octanol–water partition coefficient (Wildman–Crippen LogP) is 3.84. The van der Waals surface area contributed by atoms with E-state index >= 15 is 0 Å². The number of benzene rings is 1. The molecule has 0 aromatic heterocycles. The third-order valence-electron chi connectivity index (χ3n) is 4.49. The van der Waals surface area contributed by atoms with Crippen LogP contribution in [-0.4, -0.2) is 26.9 Å². The molecule has 140 valence electrons. The zero-order chi connectivity index (χ0) is 18.4. The van der Waals surface area contributed by atoms with Crippen molar-refractivity contribution >= 4 is 31.9 Å². The number of amides is 1. The number of rotatable bonds is 10. The molecule has 0 saturated heterocycles. The van der Waals surface area contributed by atoms with Crippen LogP contribution in [0.5, 0.6) is 0 Å². The standard InChI is InChI=1S/C18H27BrN2O3S/c1-3-5-6-13(4-2)12-20-18(22)16-11-15(9-10-17(16)19)25(23,24)21-14-7-8-14/h9-11,13-14,21H,3-8,12H2,1-2H3,(H,20,22). The van der Waals surface area contributed by atoms with Crippen LogP contribution in [0.2, 0.25) is 0 Å². The molecule has 1 aliphatic rings. The highest BCUT2D eigenvalue weighted by atomic mass is 79.9. The van der Waals surface area contributed by atoms with Gasteiger partial charge in [-0.2, -0.15) is 0 Å². The fourth-order valence-electron chi connectivity index (χ4n) is 2.61. The number of carbonyl (C=O) groups excluding carboxylic acids is 1. The summed E-state index contributed by atoms with van der Waals surface area (Å²) in [6.07, 6.45) is 6.15. The van der Waals surface area contributed by atoms with Crippen molar-refractivity contribution in [2.75, 3.05) is 6.54 Å². The first-order valence-electron chi connectivity index (χ1n) is 8.97. The Kier molecular flexibility index (Phi) is 7.46. The quantitative estimate of drug-likeness (QED) is 0.591. The maximum atomic E-state index is 12.5. The molecule has 0 aliphatic heterocycles. The summed E-state index contributed by atoms with van der Waals surface area (Å²) in [7, 11) is -3.57. The van der Waals surface area contributed by atoms with E-state index in [9.17, 15) is 13.2 Å². The van der Waals surface area contributed by atoms with Gasteiger partial charge in [0.15, 0.2) is 0 Å². The Morgan fingerprint density at radius 2 is 2.04 bits per heavy atom. The van der Waals surface area contributed by atoms with Crippen LogP contribution < -0.4 is 10.0 Å². The normalized spacial score (nSPS) is 15.8. The lowest BCUT2D eigenvalue weighted by molar-refractivity contribution is 0.0945. The van der Waals surface area contributed by atoms with Gasteiger partial charge in [-0.3, -0.25) is 4.79 Å². The lowest BCUT2D eigenvalue weighted by Gasteiger charge is -2.16. The highest BCUT2D eigenvalue weighted by Crippen LogP contribution is 2.25. The van der Waals surface area contributed by atoms with Crippen LogP contribution in [-0.2, 0) is 10.0 Å². The van der Waals surface area contributed by atoms with Crippen molar-refractivity contribution in [3.8, 4) is 0 Å². The third-order valence-corrected chi connectivity index (χ3v) is 6.70. The first kappa shape index (κ1) is 20.4. The average molecular weight is 431 g/mol. The van der Waals surface area contributed by atoms with Crippen LogP contribution in [0.25, 0.3) is 0 Å². The summed E-state index contributed by atoms with van der Waals surface area (Å²) < 4.78 is 27.9. The maximum absolute atomic E-state index is 12.5. The van der Waals surface area contributed by atoms with Crippen molar-refractivity contribution in [3.05, 3.63) is 28.2 Å². The molecular formula is C18H27BrN2O3S. The SMILES string of the molecule is CCCCC(CC)CNC(=O)c1cc(S(=O)(=O)NC2CC2)ccc1Br. The number of sulfonamides is 1. The van der Waals surface area contributed by atoms with Gasteiger partial charge in [0.25, 0.3) is 5.91 Å². The fraction of sp³-hybridized carbons (Fsp3) is 0.611. The van der Waals surface area contributed by atoms with E-state index in [0.29, 0.717) is 22.5 Å². The first-order valence-corrected chi connectivity index (χ1v) is 11.2. The first-order chi connectivity index (χ1) is 11.9. The Balaban J connectivity index is 2.06. The highest BCUT2D eigenvalue weighted by molar-refractivity contribution is 9.10. The molecule has 1 aromatic carbocycles. The molecule has 5 nitrogen and oxygen atoms in total. The summed E-state index contributed by atoms with van der Waals surface area (Å²) in [5.41, 5.74) is 0.351. The molecule has 0 radical (unpaired) electrons. The summed E-state index contributed by atoms with van der Waals surface area (Å²) in [4.78, 5) is 12.6. The van der Waals surface area contributed by atoms with Crippen LogP contribution in [0, 0.1) is 5.92 Å². The van der Waals surface area contributed by atoms with Gasteiger partial charge in [0.1, 0.15) is 0 Å². The maximum Gasteiger partial charge on any atom is 0.252 e. The smallest absolute Gasteiger partial charge is 0.252 e. The van der Waals surface area contributed by atoms with Gasteiger partial charge < -0.3 is 5.32 Å². The largest absolute Gasteiger partial charge is 0.352 e. The molecule has 25 heavy (non-hydrogen) atoms. The second kappa shape index (κ2) is 9.14. The Labute approximate surface area is 159 Å². The van der Waals surface area contributed by atoms with E-state index in [-0.39, 0.29) is 16.8 Å². The summed E-state index contributed by atoms with van der Waals surface area (Å²) in [6, 6.07) is 4.61. The minimum absolute atomic E-state index is 0.0369. The molecule has 0 heterocycles. The van der Waals surface area contributed by atoms with Crippen molar-refractivity contribution in [2.45, 2.75) is 63.3 Å². The van der Waals surface area contributed by atoms with Crippen molar-refractivity contribution in [1.29, 1.82) is 0 Å². The number of nitrogens with one attached hydrogen (secondary N) is 2. The van der Waals surface area contributed by atoms with Crippen LogP contribution in [0.1, 0.15) is 62.7 Å². The predicted molar refractivity (Wildman–Crippen MR) is 103 cm³/mol. The molecule has 1 saturated carbocycles. The molecule has 2 rings (SSSR count). The third kappa shape index (κ3) is 6.08. The number of unbranched alkanes of at least 4 members (excludes halogenated alkanes) is 1. The van der Waals surface area contributed by atoms with Gasteiger partial charge in [0.2, 0.25) is 10.0 Å². The van der Waals surface area contributed by atoms with Gasteiger partial charge in [-0.05, 0) is 59.3 Å². The summed E-state index contributed by atoms with van der Waals surface area (Å²) in [6.45, 7) is 4.89. The Morgan fingerprint density at radius 3 is 2.64 bits per heavy atom. The molecule has 1 fully saturated rings. The van der Waals surface area contributed by atoms with E-state index in [4.69, 9.17) is 0 Å². The second-order valence-corrected chi connectivity index (χ2v) is 9.23. The fourth-order valence-corrected chi connectivity index (χ4v) is 4.37. The summed E-state index contributed by atoms with van der Waals surface area (Å²) in [5, 5.41) is 2.95. The van der Waals surface area contributed by atoms with Gasteiger partial charge in [0, 0.05) is 17.1 Å². The summed E-state index contributed by atoms with van der Waals surface area (Å²) in [5.74, 6) is 0.205. The Morgan fingerprint density at radius 1 is 1.32 bits per heavy atom. The van der Waals surface area contributed by atoms with Crippen molar-refractivity contribution in [2.24, 2.45) is 5.92 Å². The van der Waals surface area contributed by atoms with E-state index in [1.165, 1.54) is 12.1 Å². The van der Waals surface area contributed by atoms with Crippen LogP contribution >= 0.6 is 15.9 Å². The van der Waals surface area contributed by atoms with E-state index in [1.807, 2.05) is 0 Å². The van der Waals surface area contributed by atoms with Gasteiger partial charge in [0.05, 0.1) is 10.5 Å². The van der Waals surface area contributed by atoms with Crippen LogP contribution in [0.3, 0.4) is 0 Å². The van der Waals surface area contributed by atoms with Crippen molar-refractivity contribution < 1.29 is 13.2 Å². The molecular weight excluding hydrogens is 404 g/mol. The van der Waals surface area contributed by atoms with E-state index in [2.05, 4.69) is 39.8 Å². The number of halogens is 1. The number of hydrogen-bond acceptors (Lipinski definition) is 3. The van der Waals surface area contributed by atoms with Gasteiger partial charge in [-0.15, -0.1) is 0 Å². The monoisotopic (exact) mass is 430 g/mol. The Hall–Kier alpha value is -0.920. The van der Waals surface area contributed by atoms with Gasteiger partial charge >= 0.3 is 0 Å². The molecule has 7 heteroatoms. The zero-order valence-electron chi connectivity index (χ0n) is 14.8. The average Bonchev–Trinajstić information content (AvgIpc) is 3.38. The molecule has 0 bridgehead atoms. The zero-order valence-corrected chi connectivity index (χ0v) is 17.2. The second-order valence-electron chi connectivity index (χ2n) is 6.66. The van der Waals surface area contributed by atoms with Crippen LogP contribution in [0.4, 0.5) is 0 Å². The molecule has 1 unspecified atom stereocenters. The van der Waals surface area contributed by atoms with E-state index < -0.39 is 10.0 Å². The number of carbonyl (C=O) groups is 1. The van der Waals surface area contributed by atoms with E-state index in [1.54, 1.807) is 6.07 Å². The molecule has 1 aliphatic carbocycles. The summed E-state index contributed by atoms with van der Waals surface area (Å²) >= 11 is 3.35. The highest BCUT2D eigenvalue weighted by Gasteiger charge is 2.28. The molecule has 1 amide bonds. The topological polar surface area (TPSA) is 75.3 Å². The molecule has 1 aromatic rings.